The second-order valence-corrected chi connectivity index (χ2v) is 4.68. The van der Waals surface area contributed by atoms with E-state index in [4.69, 9.17) is 9.47 Å². The fourth-order valence-electron chi connectivity index (χ4n) is 1.88. The normalized spacial score (nSPS) is 14.0. The molecule has 0 heterocycles. The largest absolute Gasteiger partial charge is 0.493 e. The van der Waals surface area contributed by atoms with Gasteiger partial charge in [-0.05, 0) is 32.4 Å². The predicted molar refractivity (Wildman–Crippen MR) is 75.5 cm³/mol. The van der Waals surface area contributed by atoms with Crippen molar-refractivity contribution in [3.05, 3.63) is 24.3 Å². The minimum absolute atomic E-state index is 0.126. The molecule has 0 saturated carbocycles. The number of methoxy groups -OCH3 is 1. The molecule has 2 atom stereocenters. The number of hydrogen-bond acceptors (Lipinski definition) is 3. The monoisotopic (exact) mass is 251 g/mol. The summed E-state index contributed by atoms with van der Waals surface area (Å²) >= 11 is 0. The minimum atomic E-state index is 0.126. The van der Waals surface area contributed by atoms with E-state index in [0.717, 1.165) is 18.0 Å². The Bertz CT molecular complexity index is 341. The van der Waals surface area contributed by atoms with Gasteiger partial charge in [0.05, 0.1) is 7.11 Å². The Balaban J connectivity index is 2.41. The van der Waals surface area contributed by atoms with Crippen LogP contribution in [0.2, 0.25) is 0 Å². The summed E-state index contributed by atoms with van der Waals surface area (Å²) in [6.07, 6.45) is 2.53. The third-order valence-corrected chi connectivity index (χ3v) is 2.87. The van der Waals surface area contributed by atoms with Crippen LogP contribution in [0.15, 0.2) is 24.3 Å². The maximum Gasteiger partial charge on any atom is 0.161 e. The van der Waals surface area contributed by atoms with Gasteiger partial charge in [-0.2, -0.15) is 0 Å². The average molecular weight is 251 g/mol. The van der Waals surface area contributed by atoms with Crippen molar-refractivity contribution >= 4 is 0 Å². The highest BCUT2D eigenvalue weighted by Gasteiger charge is 2.09. The summed E-state index contributed by atoms with van der Waals surface area (Å²) in [4.78, 5) is 0. The lowest BCUT2D eigenvalue weighted by molar-refractivity contribution is 0.202. The quantitative estimate of drug-likeness (QED) is 0.769. The van der Waals surface area contributed by atoms with E-state index in [-0.39, 0.29) is 6.10 Å². The molecule has 2 unspecified atom stereocenters. The third-order valence-electron chi connectivity index (χ3n) is 2.87. The predicted octanol–water partition coefficient (Wildman–Crippen LogP) is 3.24. The summed E-state index contributed by atoms with van der Waals surface area (Å²) in [5, 5.41) is 3.48. The molecule has 102 valence electrons. The molecule has 18 heavy (non-hydrogen) atoms. The van der Waals surface area contributed by atoms with E-state index in [9.17, 15) is 0 Å². The summed E-state index contributed by atoms with van der Waals surface area (Å²) in [5.41, 5.74) is 0. The van der Waals surface area contributed by atoms with Crippen molar-refractivity contribution in [2.75, 3.05) is 13.7 Å². The number of ether oxygens (including phenoxy) is 2. The van der Waals surface area contributed by atoms with Crippen LogP contribution in [0.5, 0.6) is 11.5 Å². The van der Waals surface area contributed by atoms with Gasteiger partial charge in [0.2, 0.25) is 0 Å². The first kappa shape index (κ1) is 14.8. The Labute approximate surface area is 110 Å². The molecule has 0 amide bonds. The van der Waals surface area contributed by atoms with Gasteiger partial charge in [0, 0.05) is 12.6 Å². The first-order valence-corrected chi connectivity index (χ1v) is 6.70. The number of nitrogens with one attached hydrogen (secondary N) is 1. The minimum Gasteiger partial charge on any atom is -0.493 e. The number of hydrogen-bond donors (Lipinski definition) is 1. The maximum absolute atomic E-state index is 5.88. The molecule has 0 aliphatic rings. The molecule has 0 fully saturated rings. The van der Waals surface area contributed by atoms with E-state index in [1.165, 1.54) is 12.8 Å². The molecule has 1 aromatic rings. The number of para-hydroxylation sites is 2. The van der Waals surface area contributed by atoms with Gasteiger partial charge in [-0.3, -0.25) is 0 Å². The van der Waals surface area contributed by atoms with Crippen molar-refractivity contribution in [3.63, 3.8) is 0 Å². The number of benzene rings is 1. The molecule has 0 aliphatic heterocycles. The summed E-state index contributed by atoms with van der Waals surface area (Å²) < 4.78 is 11.1. The zero-order valence-electron chi connectivity index (χ0n) is 11.9. The van der Waals surface area contributed by atoms with E-state index in [1.54, 1.807) is 7.11 Å². The Morgan fingerprint density at radius 1 is 1.17 bits per heavy atom. The van der Waals surface area contributed by atoms with E-state index in [1.807, 2.05) is 24.3 Å². The highest BCUT2D eigenvalue weighted by molar-refractivity contribution is 5.39. The molecule has 0 aliphatic carbocycles. The van der Waals surface area contributed by atoms with Crippen LogP contribution >= 0.6 is 0 Å². The molecule has 0 aromatic heterocycles. The summed E-state index contributed by atoms with van der Waals surface area (Å²) in [7, 11) is 1.66. The van der Waals surface area contributed by atoms with E-state index < -0.39 is 0 Å². The Morgan fingerprint density at radius 3 is 2.44 bits per heavy atom. The Morgan fingerprint density at radius 2 is 1.83 bits per heavy atom. The molecule has 0 saturated heterocycles. The van der Waals surface area contributed by atoms with Crippen LogP contribution in [0.4, 0.5) is 0 Å². The summed E-state index contributed by atoms with van der Waals surface area (Å²) in [6.45, 7) is 7.32. The fourth-order valence-corrected chi connectivity index (χ4v) is 1.88. The van der Waals surface area contributed by atoms with Gasteiger partial charge in [-0.1, -0.05) is 25.5 Å². The topological polar surface area (TPSA) is 30.5 Å². The van der Waals surface area contributed by atoms with Gasteiger partial charge in [0.25, 0.3) is 0 Å². The molecule has 1 aromatic carbocycles. The molecule has 1 N–H and O–H groups in total. The third kappa shape index (κ3) is 4.96. The van der Waals surface area contributed by atoms with Crippen molar-refractivity contribution in [2.24, 2.45) is 0 Å². The van der Waals surface area contributed by atoms with Crippen LogP contribution in [0.3, 0.4) is 0 Å². The van der Waals surface area contributed by atoms with Crippen LogP contribution in [-0.2, 0) is 0 Å². The standard InChI is InChI=1S/C15H25NO2/c1-5-8-12(2)16-11-13(3)18-15-10-7-6-9-14(15)17-4/h6-7,9-10,12-13,16H,5,8,11H2,1-4H3. The highest BCUT2D eigenvalue weighted by Crippen LogP contribution is 2.26. The van der Waals surface area contributed by atoms with Crippen LogP contribution < -0.4 is 14.8 Å². The average Bonchev–Trinajstić information content (AvgIpc) is 2.37. The maximum atomic E-state index is 5.88. The first-order chi connectivity index (χ1) is 8.67. The lowest BCUT2D eigenvalue weighted by Crippen LogP contribution is -2.35. The van der Waals surface area contributed by atoms with Crippen LogP contribution in [-0.4, -0.2) is 25.8 Å². The van der Waals surface area contributed by atoms with Gasteiger partial charge >= 0.3 is 0 Å². The van der Waals surface area contributed by atoms with Gasteiger partial charge < -0.3 is 14.8 Å². The van der Waals surface area contributed by atoms with E-state index in [0.29, 0.717) is 6.04 Å². The molecule has 0 radical (unpaired) electrons. The van der Waals surface area contributed by atoms with Crippen molar-refractivity contribution in [2.45, 2.75) is 45.8 Å². The van der Waals surface area contributed by atoms with E-state index in [2.05, 4.69) is 26.1 Å². The summed E-state index contributed by atoms with van der Waals surface area (Å²) in [6, 6.07) is 8.29. The van der Waals surface area contributed by atoms with Gasteiger partial charge in [-0.25, -0.2) is 0 Å². The molecule has 3 nitrogen and oxygen atoms in total. The zero-order valence-corrected chi connectivity index (χ0v) is 11.9. The number of rotatable bonds is 8. The van der Waals surface area contributed by atoms with E-state index >= 15 is 0 Å². The molecule has 0 spiro atoms. The molecule has 3 heteroatoms. The first-order valence-electron chi connectivity index (χ1n) is 6.70. The van der Waals surface area contributed by atoms with Crippen molar-refractivity contribution in [3.8, 4) is 11.5 Å². The van der Waals surface area contributed by atoms with Crippen molar-refractivity contribution in [1.82, 2.24) is 5.32 Å². The molecular formula is C15H25NO2. The molecule has 1 rings (SSSR count). The molecular weight excluding hydrogens is 226 g/mol. The van der Waals surface area contributed by atoms with Crippen LogP contribution in [0.25, 0.3) is 0 Å². The van der Waals surface area contributed by atoms with Crippen LogP contribution in [0, 0.1) is 0 Å². The summed E-state index contributed by atoms with van der Waals surface area (Å²) in [5.74, 6) is 1.59. The fraction of sp³-hybridized carbons (Fsp3) is 0.600. The zero-order chi connectivity index (χ0) is 13.4. The smallest absolute Gasteiger partial charge is 0.161 e. The van der Waals surface area contributed by atoms with Gasteiger partial charge in [0.15, 0.2) is 11.5 Å². The lowest BCUT2D eigenvalue weighted by Gasteiger charge is -2.19. The SMILES string of the molecule is CCCC(C)NCC(C)Oc1ccccc1OC. The van der Waals surface area contributed by atoms with Crippen LogP contribution in [0.1, 0.15) is 33.6 Å². The highest BCUT2D eigenvalue weighted by atomic mass is 16.5. The second kappa shape index (κ2) is 7.98. The lowest BCUT2D eigenvalue weighted by atomic mass is 10.2. The molecule has 0 bridgehead atoms. The van der Waals surface area contributed by atoms with Gasteiger partial charge in [-0.15, -0.1) is 0 Å². The Hall–Kier alpha value is -1.22. The second-order valence-electron chi connectivity index (χ2n) is 4.68. The Kier molecular flexibility index (Phi) is 6.58. The van der Waals surface area contributed by atoms with Crippen molar-refractivity contribution in [1.29, 1.82) is 0 Å². The van der Waals surface area contributed by atoms with Crippen molar-refractivity contribution < 1.29 is 9.47 Å². The van der Waals surface area contributed by atoms with Gasteiger partial charge in [0.1, 0.15) is 6.10 Å².